The Morgan fingerprint density at radius 2 is 2.11 bits per heavy atom. The maximum absolute atomic E-state index is 12.6. The first-order chi connectivity index (χ1) is 13.5. The number of ether oxygens (including phenoxy) is 1. The Bertz CT molecular complexity index is 830. The van der Waals surface area contributed by atoms with E-state index >= 15 is 0 Å². The van der Waals surface area contributed by atoms with E-state index < -0.39 is 11.9 Å². The maximum Gasteiger partial charge on any atom is 0.274 e. The van der Waals surface area contributed by atoms with Crippen LogP contribution in [0.25, 0.3) is 11.3 Å². The van der Waals surface area contributed by atoms with Crippen molar-refractivity contribution in [3.8, 4) is 11.3 Å². The second-order valence-corrected chi connectivity index (χ2v) is 7.54. The third kappa shape index (κ3) is 4.91. The second kappa shape index (κ2) is 9.21. The molecule has 0 saturated carbocycles. The fraction of sp³-hybridized carbons (Fsp3) is 0.450. The second-order valence-electron chi connectivity index (χ2n) is 7.13. The number of hydrogen-bond donors (Lipinski definition) is 2. The minimum atomic E-state index is -0.686. The molecule has 2 aromatic rings. The summed E-state index contributed by atoms with van der Waals surface area (Å²) in [7, 11) is 0. The van der Waals surface area contributed by atoms with Gasteiger partial charge >= 0.3 is 0 Å². The van der Waals surface area contributed by atoms with Crippen LogP contribution < -0.4 is 10.6 Å². The van der Waals surface area contributed by atoms with Crippen LogP contribution in [0, 0.1) is 5.92 Å². The van der Waals surface area contributed by atoms with Gasteiger partial charge in [-0.15, -0.1) is 0 Å². The number of amides is 2. The third-order valence-corrected chi connectivity index (χ3v) is 4.98. The van der Waals surface area contributed by atoms with Crippen molar-refractivity contribution in [1.29, 1.82) is 0 Å². The Labute approximate surface area is 168 Å². The third-order valence-electron chi connectivity index (χ3n) is 4.65. The van der Waals surface area contributed by atoms with Crippen LogP contribution in [0.5, 0.6) is 0 Å². The average Bonchev–Trinajstić information content (AvgIpc) is 3.36. The van der Waals surface area contributed by atoms with Crippen molar-refractivity contribution < 1.29 is 18.8 Å². The van der Waals surface area contributed by atoms with Gasteiger partial charge in [0.1, 0.15) is 6.04 Å². The standard InChI is InChI=1S/C20H24ClN3O4/c1-12(2)18(20(26)22-11-13-6-5-9-27-13)23-19(25)16-10-17(28-24-16)14-7-3-4-8-15(14)21/h3-4,7-8,10,12-13,18H,5-6,9,11H2,1-2H3,(H,22,26)(H,23,25)/t13-,18+/m0/s1. The Kier molecular flexibility index (Phi) is 6.70. The van der Waals surface area contributed by atoms with Gasteiger partial charge in [0.05, 0.1) is 11.1 Å². The molecule has 3 rings (SSSR count). The molecule has 150 valence electrons. The molecule has 1 aliphatic heterocycles. The number of carbonyl (C=O) groups is 2. The van der Waals surface area contributed by atoms with E-state index in [-0.39, 0.29) is 23.6 Å². The van der Waals surface area contributed by atoms with Crippen LogP contribution in [-0.4, -0.2) is 42.3 Å². The van der Waals surface area contributed by atoms with Crippen molar-refractivity contribution in [3.63, 3.8) is 0 Å². The molecule has 0 aliphatic carbocycles. The molecule has 0 spiro atoms. The van der Waals surface area contributed by atoms with Crippen LogP contribution in [0.3, 0.4) is 0 Å². The summed E-state index contributed by atoms with van der Waals surface area (Å²) in [5.74, 6) is -0.426. The molecule has 1 aromatic carbocycles. The van der Waals surface area contributed by atoms with E-state index in [4.69, 9.17) is 20.9 Å². The average molecular weight is 406 g/mol. The van der Waals surface area contributed by atoms with Gasteiger partial charge in [0.15, 0.2) is 11.5 Å². The molecule has 8 heteroatoms. The molecule has 0 bridgehead atoms. The molecule has 2 atom stereocenters. The molecule has 7 nitrogen and oxygen atoms in total. The lowest BCUT2D eigenvalue weighted by molar-refractivity contribution is -0.124. The minimum absolute atomic E-state index is 0.0428. The molecule has 2 N–H and O–H groups in total. The molecular formula is C20H24ClN3O4. The highest BCUT2D eigenvalue weighted by atomic mass is 35.5. The lowest BCUT2D eigenvalue weighted by Gasteiger charge is -2.22. The van der Waals surface area contributed by atoms with Gasteiger partial charge in [-0.3, -0.25) is 9.59 Å². The monoisotopic (exact) mass is 405 g/mol. The first-order valence-electron chi connectivity index (χ1n) is 9.37. The van der Waals surface area contributed by atoms with Gasteiger partial charge < -0.3 is 19.9 Å². The maximum atomic E-state index is 12.6. The molecule has 1 aliphatic rings. The quantitative estimate of drug-likeness (QED) is 0.738. The van der Waals surface area contributed by atoms with Crippen LogP contribution in [0.4, 0.5) is 0 Å². The summed E-state index contributed by atoms with van der Waals surface area (Å²) >= 11 is 6.15. The number of halogens is 1. The van der Waals surface area contributed by atoms with Gasteiger partial charge in [-0.05, 0) is 30.9 Å². The van der Waals surface area contributed by atoms with Gasteiger partial charge in [0.2, 0.25) is 5.91 Å². The summed E-state index contributed by atoms with van der Waals surface area (Å²) in [4.78, 5) is 25.1. The molecule has 2 heterocycles. The van der Waals surface area contributed by atoms with Crippen LogP contribution in [0.1, 0.15) is 37.2 Å². The van der Waals surface area contributed by atoms with E-state index in [1.54, 1.807) is 18.2 Å². The number of carbonyl (C=O) groups excluding carboxylic acids is 2. The van der Waals surface area contributed by atoms with E-state index in [2.05, 4.69) is 15.8 Å². The van der Waals surface area contributed by atoms with Crippen molar-refractivity contribution in [2.75, 3.05) is 13.2 Å². The van der Waals surface area contributed by atoms with Crippen molar-refractivity contribution >= 4 is 23.4 Å². The first kappa shape index (κ1) is 20.4. The smallest absolute Gasteiger partial charge is 0.274 e. The lowest BCUT2D eigenvalue weighted by atomic mass is 10.0. The summed E-state index contributed by atoms with van der Waals surface area (Å²) in [6.45, 7) is 4.91. The summed E-state index contributed by atoms with van der Waals surface area (Å²) in [5.41, 5.74) is 0.734. The number of benzene rings is 1. The van der Waals surface area contributed by atoms with Crippen molar-refractivity contribution in [2.24, 2.45) is 5.92 Å². The largest absolute Gasteiger partial charge is 0.376 e. The zero-order chi connectivity index (χ0) is 20.1. The normalized spacial score (nSPS) is 17.5. The van der Waals surface area contributed by atoms with Crippen molar-refractivity contribution in [1.82, 2.24) is 15.8 Å². The van der Waals surface area contributed by atoms with Gasteiger partial charge in [-0.25, -0.2) is 0 Å². The number of hydrogen-bond acceptors (Lipinski definition) is 5. The molecule has 1 aromatic heterocycles. The molecule has 2 amide bonds. The molecule has 28 heavy (non-hydrogen) atoms. The number of aromatic nitrogens is 1. The van der Waals surface area contributed by atoms with E-state index in [1.807, 2.05) is 19.9 Å². The Hall–Kier alpha value is -2.38. The highest BCUT2D eigenvalue weighted by Crippen LogP contribution is 2.28. The van der Waals surface area contributed by atoms with E-state index in [0.717, 1.165) is 19.4 Å². The summed E-state index contributed by atoms with van der Waals surface area (Å²) in [6.07, 6.45) is 1.98. The Morgan fingerprint density at radius 3 is 2.79 bits per heavy atom. The SMILES string of the molecule is CC(C)[C@@H](NC(=O)c1cc(-c2ccccc2Cl)on1)C(=O)NC[C@@H]1CCCO1. The fourth-order valence-electron chi connectivity index (χ4n) is 3.05. The van der Waals surface area contributed by atoms with Crippen molar-refractivity contribution in [2.45, 2.75) is 38.8 Å². The number of nitrogens with one attached hydrogen (secondary N) is 2. The van der Waals surface area contributed by atoms with Crippen LogP contribution in [0.15, 0.2) is 34.9 Å². The van der Waals surface area contributed by atoms with Crippen LogP contribution in [0.2, 0.25) is 5.02 Å². The van der Waals surface area contributed by atoms with E-state index in [1.165, 1.54) is 6.07 Å². The zero-order valence-corrected chi connectivity index (χ0v) is 16.7. The summed E-state index contributed by atoms with van der Waals surface area (Å²) < 4.78 is 10.8. The van der Waals surface area contributed by atoms with E-state index in [0.29, 0.717) is 22.9 Å². The van der Waals surface area contributed by atoms with Crippen LogP contribution >= 0.6 is 11.6 Å². The Balaban J connectivity index is 1.64. The fourth-order valence-corrected chi connectivity index (χ4v) is 3.28. The minimum Gasteiger partial charge on any atom is -0.376 e. The predicted molar refractivity (Wildman–Crippen MR) is 105 cm³/mol. The number of rotatable bonds is 7. The van der Waals surface area contributed by atoms with E-state index in [9.17, 15) is 9.59 Å². The highest BCUT2D eigenvalue weighted by molar-refractivity contribution is 6.33. The number of nitrogens with zero attached hydrogens (tertiary/aromatic N) is 1. The lowest BCUT2D eigenvalue weighted by Crippen LogP contribution is -2.51. The molecular weight excluding hydrogens is 382 g/mol. The highest BCUT2D eigenvalue weighted by Gasteiger charge is 2.27. The predicted octanol–water partition coefficient (Wildman–Crippen LogP) is 3.04. The van der Waals surface area contributed by atoms with Gasteiger partial charge in [-0.1, -0.05) is 42.7 Å². The molecule has 0 radical (unpaired) electrons. The summed E-state index contributed by atoms with van der Waals surface area (Å²) in [5, 5.41) is 9.92. The Morgan fingerprint density at radius 1 is 1.32 bits per heavy atom. The first-order valence-corrected chi connectivity index (χ1v) is 9.75. The van der Waals surface area contributed by atoms with Crippen molar-refractivity contribution in [3.05, 3.63) is 41.0 Å². The van der Waals surface area contributed by atoms with Gasteiger partial charge in [0.25, 0.3) is 5.91 Å². The topological polar surface area (TPSA) is 93.5 Å². The molecule has 1 saturated heterocycles. The van der Waals surface area contributed by atoms with Gasteiger partial charge in [0, 0.05) is 24.8 Å². The van der Waals surface area contributed by atoms with Crippen LogP contribution in [-0.2, 0) is 9.53 Å². The molecule has 1 fully saturated rings. The van der Waals surface area contributed by atoms with Gasteiger partial charge in [-0.2, -0.15) is 0 Å². The zero-order valence-electron chi connectivity index (χ0n) is 15.9. The summed E-state index contributed by atoms with van der Waals surface area (Å²) in [6, 6.07) is 7.95. The molecule has 0 unspecified atom stereocenters.